The number of aromatic nitrogens is 2. The minimum atomic E-state index is -4.21. The number of sulfonamides is 3. The third kappa shape index (κ3) is 6.24. The molecule has 0 unspecified atom stereocenters. The van der Waals surface area contributed by atoms with Crippen molar-refractivity contribution < 1.29 is 29.6 Å². The van der Waals surface area contributed by atoms with Gasteiger partial charge in [-0.2, -0.15) is 0 Å². The smallest absolute Gasteiger partial charge is 0.246 e. The van der Waals surface area contributed by atoms with Crippen molar-refractivity contribution in [1.82, 2.24) is 14.7 Å². The highest BCUT2D eigenvalue weighted by Crippen LogP contribution is 2.32. The van der Waals surface area contributed by atoms with Crippen LogP contribution in [0.5, 0.6) is 0 Å². The van der Waals surface area contributed by atoms with E-state index < -0.39 is 47.2 Å². The molecule has 0 aliphatic rings. The van der Waals surface area contributed by atoms with E-state index in [0.29, 0.717) is 18.1 Å². The van der Waals surface area contributed by atoms with E-state index in [1.54, 1.807) is 39.0 Å². The molecule has 0 spiro atoms. The minimum Gasteiger partial charge on any atom is -0.251 e. The standard InChI is InChI=1S/C22H25FN4O6S3/c1-22(2,3)26-36(32,33)20-9-7-6-8-16(20)15-10-11-17(18(23)12-15)19-13-25-21(14-24-19)27(34(4,28)29)35(5,30)31/h6-14,26H,1-5H3. The molecular formula is C22H25FN4O6S3. The lowest BCUT2D eigenvalue weighted by Gasteiger charge is -2.21. The Morgan fingerprint density at radius 2 is 1.44 bits per heavy atom. The normalized spacial score (nSPS) is 12.9. The van der Waals surface area contributed by atoms with Crippen molar-refractivity contribution in [2.45, 2.75) is 31.2 Å². The number of rotatable bonds is 7. The Morgan fingerprint density at radius 3 is 1.94 bits per heavy atom. The lowest BCUT2D eigenvalue weighted by atomic mass is 10.0. The molecule has 2 aromatic carbocycles. The van der Waals surface area contributed by atoms with Crippen LogP contribution in [0.3, 0.4) is 0 Å². The fourth-order valence-electron chi connectivity index (χ4n) is 3.43. The number of hydrogen-bond donors (Lipinski definition) is 1. The summed E-state index contributed by atoms with van der Waals surface area (Å²) >= 11 is 0. The summed E-state index contributed by atoms with van der Waals surface area (Å²) in [5.41, 5.74) is -0.124. The van der Waals surface area contributed by atoms with Gasteiger partial charge in [0.05, 0.1) is 35.5 Å². The van der Waals surface area contributed by atoms with E-state index in [-0.39, 0.29) is 25.4 Å². The van der Waals surface area contributed by atoms with Gasteiger partial charge in [0.1, 0.15) is 5.82 Å². The number of nitrogens with one attached hydrogen (secondary N) is 1. The lowest BCUT2D eigenvalue weighted by Crippen LogP contribution is -2.40. The molecule has 1 heterocycles. The van der Waals surface area contributed by atoms with Crippen LogP contribution in [-0.2, 0) is 30.1 Å². The molecule has 36 heavy (non-hydrogen) atoms. The summed E-state index contributed by atoms with van der Waals surface area (Å²) in [7, 11) is -12.3. The van der Waals surface area contributed by atoms with Gasteiger partial charge in [0.25, 0.3) is 0 Å². The first-order valence-electron chi connectivity index (χ1n) is 10.4. The van der Waals surface area contributed by atoms with E-state index in [0.717, 1.165) is 18.5 Å². The van der Waals surface area contributed by atoms with Crippen LogP contribution in [0.25, 0.3) is 22.4 Å². The molecule has 0 atom stereocenters. The van der Waals surface area contributed by atoms with Crippen LogP contribution in [0.15, 0.2) is 59.8 Å². The lowest BCUT2D eigenvalue weighted by molar-refractivity contribution is 0.491. The van der Waals surface area contributed by atoms with Gasteiger partial charge in [-0.3, -0.25) is 4.98 Å². The quantitative estimate of drug-likeness (QED) is 0.468. The Bertz CT molecular complexity index is 1580. The molecule has 1 N–H and O–H groups in total. The van der Waals surface area contributed by atoms with Crippen LogP contribution in [0.4, 0.5) is 10.2 Å². The van der Waals surface area contributed by atoms with Gasteiger partial charge in [-0.25, -0.2) is 39.3 Å². The SMILES string of the molecule is CC(C)(C)NS(=O)(=O)c1ccccc1-c1ccc(-c2cnc(N(S(C)(=O)=O)S(C)(=O)=O)cn2)c(F)c1. The maximum absolute atomic E-state index is 15.1. The van der Waals surface area contributed by atoms with Crippen LogP contribution in [0.2, 0.25) is 0 Å². The molecule has 0 aliphatic heterocycles. The zero-order chi connectivity index (χ0) is 27.1. The van der Waals surface area contributed by atoms with Crippen molar-refractivity contribution in [2.75, 3.05) is 16.2 Å². The second-order valence-electron chi connectivity index (χ2n) is 9.03. The zero-order valence-electron chi connectivity index (χ0n) is 20.1. The highest BCUT2D eigenvalue weighted by Gasteiger charge is 2.29. The molecule has 1 aromatic heterocycles. The van der Waals surface area contributed by atoms with Crippen molar-refractivity contribution in [2.24, 2.45) is 0 Å². The van der Waals surface area contributed by atoms with E-state index in [1.807, 2.05) is 0 Å². The average Bonchev–Trinajstić information content (AvgIpc) is 2.71. The first-order valence-corrected chi connectivity index (χ1v) is 15.5. The molecule has 3 rings (SSSR count). The van der Waals surface area contributed by atoms with Gasteiger partial charge < -0.3 is 0 Å². The fourth-order valence-corrected chi connectivity index (χ4v) is 7.91. The van der Waals surface area contributed by atoms with Gasteiger partial charge in [0.2, 0.25) is 30.1 Å². The Balaban J connectivity index is 2.02. The molecule has 0 saturated heterocycles. The van der Waals surface area contributed by atoms with Gasteiger partial charge in [0, 0.05) is 16.7 Å². The summed E-state index contributed by atoms with van der Waals surface area (Å²) in [6.07, 6.45) is 3.36. The number of nitrogens with zero attached hydrogens (tertiary/aromatic N) is 3. The van der Waals surface area contributed by atoms with Crippen molar-refractivity contribution in [1.29, 1.82) is 0 Å². The summed E-state index contributed by atoms with van der Waals surface area (Å²) in [6, 6.07) is 10.2. The summed E-state index contributed by atoms with van der Waals surface area (Å²) in [6.45, 7) is 5.12. The summed E-state index contributed by atoms with van der Waals surface area (Å²) in [4.78, 5) is 7.80. The molecule has 194 valence electrons. The molecule has 0 radical (unpaired) electrons. The van der Waals surface area contributed by atoms with Gasteiger partial charge in [-0.1, -0.05) is 24.3 Å². The van der Waals surface area contributed by atoms with E-state index in [2.05, 4.69) is 14.7 Å². The summed E-state index contributed by atoms with van der Waals surface area (Å²) in [5, 5.41) is 0. The van der Waals surface area contributed by atoms with Crippen LogP contribution in [0.1, 0.15) is 20.8 Å². The predicted octanol–water partition coefficient (Wildman–Crippen LogP) is 2.75. The van der Waals surface area contributed by atoms with E-state index in [4.69, 9.17) is 0 Å². The van der Waals surface area contributed by atoms with Crippen LogP contribution in [0, 0.1) is 5.82 Å². The zero-order valence-corrected chi connectivity index (χ0v) is 22.5. The third-order valence-electron chi connectivity index (χ3n) is 4.60. The predicted molar refractivity (Wildman–Crippen MR) is 135 cm³/mol. The monoisotopic (exact) mass is 556 g/mol. The summed E-state index contributed by atoms with van der Waals surface area (Å²) < 4.78 is 91.3. The Labute approximate surface area is 210 Å². The molecule has 0 saturated carbocycles. The second-order valence-corrected chi connectivity index (χ2v) is 14.6. The number of halogens is 1. The van der Waals surface area contributed by atoms with Crippen LogP contribution < -0.4 is 8.43 Å². The minimum absolute atomic E-state index is 0.00350. The molecule has 0 fully saturated rings. The Hall–Kier alpha value is -2.94. The molecule has 0 bridgehead atoms. The van der Waals surface area contributed by atoms with Crippen molar-refractivity contribution in [3.05, 3.63) is 60.7 Å². The first kappa shape index (κ1) is 27.6. The van der Waals surface area contributed by atoms with Gasteiger partial charge >= 0.3 is 0 Å². The molecule has 10 nitrogen and oxygen atoms in total. The van der Waals surface area contributed by atoms with Crippen molar-refractivity contribution >= 4 is 35.9 Å². The van der Waals surface area contributed by atoms with E-state index in [9.17, 15) is 25.3 Å². The highest BCUT2D eigenvalue weighted by molar-refractivity contribution is 8.09. The van der Waals surface area contributed by atoms with Gasteiger partial charge in [-0.15, -0.1) is 3.71 Å². The van der Waals surface area contributed by atoms with Gasteiger partial charge in [-0.05, 0) is 44.5 Å². The maximum Gasteiger partial charge on any atom is 0.246 e. The Kier molecular flexibility index (Phi) is 7.29. The maximum atomic E-state index is 15.1. The molecular weight excluding hydrogens is 531 g/mol. The first-order chi connectivity index (χ1) is 16.4. The average molecular weight is 557 g/mol. The second kappa shape index (κ2) is 9.50. The summed E-state index contributed by atoms with van der Waals surface area (Å²) in [5.74, 6) is -1.21. The van der Waals surface area contributed by atoms with E-state index >= 15 is 4.39 Å². The third-order valence-corrected chi connectivity index (χ3v) is 9.62. The largest absolute Gasteiger partial charge is 0.251 e. The number of benzene rings is 2. The molecule has 14 heteroatoms. The fraction of sp³-hybridized carbons (Fsp3) is 0.273. The Morgan fingerprint density at radius 1 is 0.833 bits per heavy atom. The van der Waals surface area contributed by atoms with Crippen LogP contribution in [-0.4, -0.2) is 53.3 Å². The highest BCUT2D eigenvalue weighted by atomic mass is 32.3. The van der Waals surface area contributed by atoms with Crippen molar-refractivity contribution in [3.8, 4) is 22.4 Å². The van der Waals surface area contributed by atoms with Crippen LogP contribution >= 0.6 is 0 Å². The number of hydrogen-bond acceptors (Lipinski definition) is 8. The molecule has 0 aliphatic carbocycles. The van der Waals surface area contributed by atoms with Gasteiger partial charge in [0.15, 0.2) is 5.82 Å². The van der Waals surface area contributed by atoms with E-state index in [1.165, 1.54) is 18.2 Å². The van der Waals surface area contributed by atoms with Crippen molar-refractivity contribution in [3.63, 3.8) is 0 Å². The molecule has 3 aromatic rings. The topological polar surface area (TPSA) is 143 Å². The molecule has 0 amide bonds. The number of anilines is 1.